The summed E-state index contributed by atoms with van der Waals surface area (Å²) in [6, 6.07) is 5.01. The van der Waals surface area contributed by atoms with Gasteiger partial charge < -0.3 is 4.74 Å². The highest BCUT2D eigenvalue weighted by atomic mass is 35.5. The minimum atomic E-state index is -0.892. The van der Waals surface area contributed by atoms with Gasteiger partial charge in [0.1, 0.15) is 5.92 Å². The van der Waals surface area contributed by atoms with Crippen molar-refractivity contribution in [2.24, 2.45) is 11.0 Å². The first kappa shape index (κ1) is 14.8. The fraction of sp³-hybridized carbons (Fsp3) is 0.308. The molecule has 0 spiro atoms. The molecule has 7 heteroatoms. The van der Waals surface area contributed by atoms with E-state index in [0.29, 0.717) is 21.3 Å². The number of hydrogen-bond donors (Lipinski definition) is 1. The number of halogens is 2. The molecular weight excluding hydrogens is 303 g/mol. The molecule has 0 radical (unpaired) electrons. The Kier molecular flexibility index (Phi) is 4.62. The second kappa shape index (κ2) is 6.24. The lowest BCUT2D eigenvalue weighted by atomic mass is 9.95. The van der Waals surface area contributed by atoms with Crippen LogP contribution in [0.25, 0.3) is 0 Å². The van der Waals surface area contributed by atoms with Crippen molar-refractivity contribution in [1.29, 1.82) is 0 Å². The number of nitrogens with one attached hydrogen (secondary N) is 1. The second-order valence-electron chi connectivity index (χ2n) is 4.17. The van der Waals surface area contributed by atoms with E-state index in [0.717, 1.165) is 0 Å². The maximum absolute atomic E-state index is 11.7. The van der Waals surface area contributed by atoms with Gasteiger partial charge in [0, 0.05) is 6.42 Å². The third-order valence-corrected chi connectivity index (χ3v) is 3.58. The van der Waals surface area contributed by atoms with Gasteiger partial charge in [0.05, 0.1) is 22.4 Å². The normalized spacial score (nSPS) is 18.2. The van der Waals surface area contributed by atoms with Crippen molar-refractivity contribution in [2.45, 2.75) is 13.3 Å². The zero-order valence-corrected chi connectivity index (χ0v) is 12.2. The number of amides is 1. The van der Waals surface area contributed by atoms with Crippen LogP contribution in [0.3, 0.4) is 0 Å². The lowest BCUT2D eigenvalue weighted by molar-refractivity contribution is -0.152. The topological polar surface area (TPSA) is 67.8 Å². The Labute approximate surface area is 125 Å². The number of carbonyl (C=O) groups is 2. The smallest absolute Gasteiger partial charge is 0.318 e. The van der Waals surface area contributed by atoms with Crippen molar-refractivity contribution in [2.75, 3.05) is 6.61 Å². The van der Waals surface area contributed by atoms with E-state index in [2.05, 4.69) is 10.5 Å². The number of hydrogen-bond acceptors (Lipinski definition) is 4. The zero-order chi connectivity index (χ0) is 14.7. The average molecular weight is 315 g/mol. The Hall–Kier alpha value is -1.59. The number of nitrogens with zero attached hydrogens (tertiary/aromatic N) is 1. The first-order valence-electron chi connectivity index (χ1n) is 6.01. The first-order valence-corrected chi connectivity index (χ1v) is 6.77. The fourth-order valence-corrected chi connectivity index (χ4v) is 2.12. The molecule has 1 aromatic carbocycles. The first-order chi connectivity index (χ1) is 9.52. The number of rotatable bonds is 3. The molecule has 0 aromatic heterocycles. The summed E-state index contributed by atoms with van der Waals surface area (Å²) in [6.07, 6.45) is 0.169. The molecule has 1 amide bonds. The minimum absolute atomic E-state index is 0.169. The molecule has 0 fully saturated rings. The molecule has 0 saturated carbocycles. The second-order valence-corrected chi connectivity index (χ2v) is 4.99. The average Bonchev–Trinajstić information content (AvgIpc) is 2.42. The lowest BCUT2D eigenvalue weighted by Crippen LogP contribution is -2.40. The Morgan fingerprint density at radius 2 is 2.20 bits per heavy atom. The van der Waals surface area contributed by atoms with E-state index in [1.807, 2.05) is 0 Å². The summed E-state index contributed by atoms with van der Waals surface area (Å²) in [5.74, 6) is -1.92. The summed E-state index contributed by atoms with van der Waals surface area (Å²) in [6.45, 7) is 1.91. The molecule has 1 heterocycles. The van der Waals surface area contributed by atoms with Crippen LogP contribution in [0.1, 0.15) is 18.9 Å². The lowest BCUT2D eigenvalue weighted by Gasteiger charge is -2.20. The Bertz CT molecular complexity index is 587. The zero-order valence-electron chi connectivity index (χ0n) is 10.7. The van der Waals surface area contributed by atoms with Gasteiger partial charge in [0.15, 0.2) is 0 Å². The van der Waals surface area contributed by atoms with Gasteiger partial charge in [-0.2, -0.15) is 5.10 Å². The third-order valence-electron chi connectivity index (χ3n) is 2.84. The molecule has 20 heavy (non-hydrogen) atoms. The van der Waals surface area contributed by atoms with Gasteiger partial charge in [-0.05, 0) is 24.6 Å². The summed E-state index contributed by atoms with van der Waals surface area (Å²) >= 11 is 11.8. The van der Waals surface area contributed by atoms with E-state index in [1.54, 1.807) is 25.1 Å². The highest BCUT2D eigenvalue weighted by Gasteiger charge is 2.33. The molecule has 1 N–H and O–H groups in total. The number of benzene rings is 1. The van der Waals surface area contributed by atoms with E-state index in [1.165, 1.54) is 0 Å². The van der Waals surface area contributed by atoms with Crippen molar-refractivity contribution in [1.82, 2.24) is 5.43 Å². The summed E-state index contributed by atoms with van der Waals surface area (Å²) in [5, 5.41) is 4.77. The van der Waals surface area contributed by atoms with Gasteiger partial charge in [0.2, 0.25) is 0 Å². The number of ether oxygens (including phenoxy) is 1. The molecule has 1 atom stereocenters. The fourth-order valence-electron chi connectivity index (χ4n) is 1.82. The third kappa shape index (κ3) is 3.11. The van der Waals surface area contributed by atoms with Gasteiger partial charge in [-0.15, -0.1) is 0 Å². The van der Waals surface area contributed by atoms with Crippen LogP contribution < -0.4 is 5.43 Å². The van der Waals surface area contributed by atoms with Crippen molar-refractivity contribution in [3.05, 3.63) is 33.8 Å². The minimum Gasteiger partial charge on any atom is -0.465 e. The highest BCUT2D eigenvalue weighted by Crippen LogP contribution is 2.25. The van der Waals surface area contributed by atoms with Gasteiger partial charge in [0.25, 0.3) is 5.91 Å². The maximum atomic E-state index is 11.7. The van der Waals surface area contributed by atoms with Gasteiger partial charge in [-0.25, -0.2) is 5.43 Å². The van der Waals surface area contributed by atoms with E-state index < -0.39 is 17.8 Å². The van der Waals surface area contributed by atoms with E-state index in [9.17, 15) is 9.59 Å². The summed E-state index contributed by atoms with van der Waals surface area (Å²) < 4.78 is 4.88. The van der Waals surface area contributed by atoms with Crippen LogP contribution in [0.4, 0.5) is 0 Å². The van der Waals surface area contributed by atoms with Gasteiger partial charge in [-0.1, -0.05) is 29.3 Å². The highest BCUT2D eigenvalue weighted by molar-refractivity contribution is 6.42. The summed E-state index contributed by atoms with van der Waals surface area (Å²) in [5.41, 5.74) is 3.59. The molecular formula is C13H12Cl2N2O3. The molecule has 5 nitrogen and oxygen atoms in total. The monoisotopic (exact) mass is 314 g/mol. The largest absolute Gasteiger partial charge is 0.465 e. The molecule has 2 rings (SSSR count). The van der Waals surface area contributed by atoms with Crippen LogP contribution in [-0.4, -0.2) is 24.2 Å². The maximum Gasteiger partial charge on any atom is 0.318 e. The van der Waals surface area contributed by atoms with Crippen LogP contribution in [0.2, 0.25) is 10.0 Å². The van der Waals surface area contributed by atoms with Crippen LogP contribution in [0.5, 0.6) is 0 Å². The van der Waals surface area contributed by atoms with E-state index in [-0.39, 0.29) is 13.0 Å². The van der Waals surface area contributed by atoms with Crippen molar-refractivity contribution >= 4 is 40.8 Å². The van der Waals surface area contributed by atoms with Gasteiger partial charge in [-0.3, -0.25) is 9.59 Å². The molecule has 1 aromatic rings. The molecule has 0 bridgehead atoms. The number of carbonyl (C=O) groups excluding carboxylic acids is 2. The van der Waals surface area contributed by atoms with E-state index in [4.69, 9.17) is 27.9 Å². The summed E-state index contributed by atoms with van der Waals surface area (Å²) in [4.78, 5) is 23.4. The number of esters is 1. The predicted octanol–water partition coefficient (Wildman–Crippen LogP) is 2.40. The van der Waals surface area contributed by atoms with Crippen molar-refractivity contribution in [3.8, 4) is 0 Å². The molecule has 1 aliphatic rings. The molecule has 0 aliphatic carbocycles. The Morgan fingerprint density at radius 1 is 1.45 bits per heavy atom. The quantitative estimate of drug-likeness (QED) is 0.688. The van der Waals surface area contributed by atoms with Crippen molar-refractivity contribution in [3.63, 3.8) is 0 Å². The van der Waals surface area contributed by atoms with E-state index >= 15 is 0 Å². The standard InChI is InChI=1S/C13H12Cl2N2O3/c1-2-20-13(19)8-6-11(16-17-12(8)18)7-3-4-9(14)10(15)5-7/h3-5,8H,2,6H2,1H3,(H,17,18). The van der Waals surface area contributed by atoms with Crippen LogP contribution in [0, 0.1) is 5.92 Å². The SMILES string of the molecule is CCOC(=O)C1CC(c2ccc(Cl)c(Cl)c2)=NNC1=O. The molecule has 0 saturated heterocycles. The van der Waals surface area contributed by atoms with Crippen molar-refractivity contribution < 1.29 is 14.3 Å². The molecule has 1 unspecified atom stereocenters. The Balaban J connectivity index is 2.23. The molecule has 106 valence electrons. The number of hydrazone groups is 1. The predicted molar refractivity (Wildman–Crippen MR) is 75.9 cm³/mol. The summed E-state index contributed by atoms with van der Waals surface area (Å²) in [7, 11) is 0. The molecule has 1 aliphatic heterocycles. The Morgan fingerprint density at radius 3 is 2.85 bits per heavy atom. The van der Waals surface area contributed by atoms with Crippen LogP contribution in [0.15, 0.2) is 23.3 Å². The van der Waals surface area contributed by atoms with Gasteiger partial charge >= 0.3 is 5.97 Å². The van der Waals surface area contributed by atoms with Crippen LogP contribution in [-0.2, 0) is 14.3 Å². The van der Waals surface area contributed by atoms with Crippen LogP contribution >= 0.6 is 23.2 Å².